The summed E-state index contributed by atoms with van der Waals surface area (Å²) < 4.78 is 0. The fourth-order valence-corrected chi connectivity index (χ4v) is 2.34. The fourth-order valence-electron chi connectivity index (χ4n) is 2.04. The van der Waals surface area contributed by atoms with Crippen molar-refractivity contribution in [3.63, 3.8) is 0 Å². The van der Waals surface area contributed by atoms with E-state index in [1.54, 1.807) is 6.20 Å². The molecule has 16 heavy (non-hydrogen) atoms. The normalized spacial score (nSPS) is 11.1. The largest absolute Gasteiger partial charge is 0.252 e. The molecule has 0 spiro atoms. The van der Waals surface area contributed by atoms with E-state index in [0.29, 0.717) is 5.15 Å². The van der Waals surface area contributed by atoms with Gasteiger partial charge in [-0.25, -0.2) is 4.98 Å². The number of aryl methyl sites for hydroxylation is 1. The molecule has 0 fully saturated rings. The van der Waals surface area contributed by atoms with Crippen molar-refractivity contribution < 1.29 is 0 Å². The highest BCUT2D eigenvalue weighted by molar-refractivity contribution is 6.35. The first-order valence-corrected chi connectivity index (χ1v) is 5.45. The summed E-state index contributed by atoms with van der Waals surface area (Å²) in [5.74, 6) is 0. The first-order valence-electron chi connectivity index (χ1n) is 5.07. The average Bonchev–Trinajstić information content (AvgIpc) is 2.29. The number of halogens is 1. The molecule has 0 N–H and O–H groups in total. The number of aromatic nitrogens is 2. The maximum Gasteiger partial charge on any atom is 0.138 e. The summed E-state index contributed by atoms with van der Waals surface area (Å²) in [5.41, 5.74) is 1.92. The van der Waals surface area contributed by atoms with Gasteiger partial charge in [0.05, 0.1) is 5.52 Å². The van der Waals surface area contributed by atoms with E-state index in [9.17, 15) is 0 Å². The molecule has 0 aliphatic heterocycles. The van der Waals surface area contributed by atoms with Gasteiger partial charge in [-0.05, 0) is 24.4 Å². The van der Waals surface area contributed by atoms with E-state index in [0.717, 1.165) is 27.4 Å². The van der Waals surface area contributed by atoms with Crippen LogP contribution in [0.1, 0.15) is 5.69 Å². The van der Waals surface area contributed by atoms with E-state index in [-0.39, 0.29) is 0 Å². The Balaban J connectivity index is 2.65. The maximum absolute atomic E-state index is 6.11. The number of pyridine rings is 2. The highest BCUT2D eigenvalue weighted by Gasteiger charge is 2.08. The quantitative estimate of drug-likeness (QED) is 0.433. The van der Waals surface area contributed by atoms with Gasteiger partial charge in [0, 0.05) is 22.7 Å². The monoisotopic (exact) mass is 228 g/mol. The molecule has 2 aromatic heterocycles. The molecule has 0 bridgehead atoms. The van der Waals surface area contributed by atoms with E-state index in [2.05, 4.69) is 16.0 Å². The lowest BCUT2D eigenvalue weighted by Crippen LogP contribution is -1.89. The summed E-state index contributed by atoms with van der Waals surface area (Å²) in [6.45, 7) is 1.96. The van der Waals surface area contributed by atoms with Crippen LogP contribution >= 0.6 is 11.6 Å². The Hall–Kier alpha value is -1.67. The summed E-state index contributed by atoms with van der Waals surface area (Å²) in [4.78, 5) is 8.64. The minimum atomic E-state index is 0.522. The van der Waals surface area contributed by atoms with Gasteiger partial charge in [0.25, 0.3) is 0 Å². The highest BCUT2D eigenvalue weighted by Crippen LogP contribution is 2.29. The highest BCUT2D eigenvalue weighted by atomic mass is 35.5. The Morgan fingerprint density at radius 1 is 1.06 bits per heavy atom. The molecular weight excluding hydrogens is 220 g/mol. The molecule has 0 saturated heterocycles. The summed E-state index contributed by atoms with van der Waals surface area (Å²) in [6, 6.07) is 10.0. The van der Waals surface area contributed by atoms with E-state index in [1.807, 2.05) is 31.2 Å². The van der Waals surface area contributed by atoms with Gasteiger partial charge in [-0.3, -0.25) is 4.98 Å². The molecular formula is C13H9ClN2. The van der Waals surface area contributed by atoms with Crippen molar-refractivity contribution in [2.45, 2.75) is 6.92 Å². The van der Waals surface area contributed by atoms with Gasteiger partial charge < -0.3 is 0 Å². The Bertz CT molecular complexity index is 692. The second kappa shape index (κ2) is 3.42. The van der Waals surface area contributed by atoms with Crippen LogP contribution < -0.4 is 0 Å². The number of hydrogen-bond donors (Lipinski definition) is 0. The smallest absolute Gasteiger partial charge is 0.138 e. The molecule has 3 rings (SSSR count). The van der Waals surface area contributed by atoms with E-state index in [4.69, 9.17) is 11.6 Å². The van der Waals surface area contributed by atoms with Gasteiger partial charge in [-0.15, -0.1) is 0 Å². The van der Waals surface area contributed by atoms with E-state index < -0.39 is 0 Å². The van der Waals surface area contributed by atoms with Crippen LogP contribution in [-0.2, 0) is 0 Å². The Morgan fingerprint density at radius 2 is 1.88 bits per heavy atom. The zero-order valence-electron chi connectivity index (χ0n) is 8.74. The zero-order valence-corrected chi connectivity index (χ0v) is 9.49. The molecule has 2 nitrogen and oxygen atoms in total. The molecule has 0 radical (unpaired) electrons. The predicted octanol–water partition coefficient (Wildman–Crippen LogP) is 3.74. The number of benzene rings is 1. The first-order chi connectivity index (χ1) is 7.77. The van der Waals surface area contributed by atoms with Crippen LogP contribution in [0.15, 0.2) is 36.5 Å². The SMILES string of the molecule is Cc1nc2ccccc2c2ccnc(Cl)c12. The van der Waals surface area contributed by atoms with Crippen molar-refractivity contribution >= 4 is 33.3 Å². The van der Waals surface area contributed by atoms with Crippen molar-refractivity contribution in [1.82, 2.24) is 9.97 Å². The van der Waals surface area contributed by atoms with Gasteiger partial charge in [0.1, 0.15) is 5.15 Å². The van der Waals surface area contributed by atoms with Gasteiger partial charge in [-0.1, -0.05) is 29.8 Å². The van der Waals surface area contributed by atoms with E-state index in [1.165, 1.54) is 0 Å². The molecule has 0 atom stereocenters. The molecule has 0 aliphatic carbocycles. The van der Waals surface area contributed by atoms with Gasteiger partial charge in [0.2, 0.25) is 0 Å². The maximum atomic E-state index is 6.11. The Labute approximate surface area is 97.9 Å². The van der Waals surface area contributed by atoms with Crippen molar-refractivity contribution in [3.8, 4) is 0 Å². The van der Waals surface area contributed by atoms with E-state index >= 15 is 0 Å². The van der Waals surface area contributed by atoms with Gasteiger partial charge in [-0.2, -0.15) is 0 Å². The summed E-state index contributed by atoms with van der Waals surface area (Å²) in [7, 11) is 0. The minimum Gasteiger partial charge on any atom is -0.252 e. The standard InChI is InChI=1S/C13H9ClN2/c1-8-12-10(6-7-15-13(12)14)9-4-2-3-5-11(9)16-8/h2-7H,1H3. The fraction of sp³-hybridized carbons (Fsp3) is 0.0769. The topological polar surface area (TPSA) is 25.8 Å². The molecule has 0 aliphatic rings. The molecule has 0 amide bonds. The Morgan fingerprint density at radius 3 is 2.75 bits per heavy atom. The molecule has 2 heterocycles. The third-order valence-corrected chi connectivity index (χ3v) is 3.04. The van der Waals surface area contributed by atoms with Crippen LogP contribution in [0, 0.1) is 6.92 Å². The summed E-state index contributed by atoms with van der Waals surface area (Å²) >= 11 is 6.11. The van der Waals surface area contributed by atoms with Crippen molar-refractivity contribution in [1.29, 1.82) is 0 Å². The summed E-state index contributed by atoms with van der Waals surface area (Å²) in [6.07, 6.45) is 1.73. The van der Waals surface area contributed by atoms with Crippen LogP contribution in [-0.4, -0.2) is 9.97 Å². The minimum absolute atomic E-state index is 0.522. The van der Waals surface area contributed by atoms with Gasteiger partial charge >= 0.3 is 0 Å². The number of fused-ring (bicyclic) bond motifs is 3. The van der Waals surface area contributed by atoms with Crippen LogP contribution in [0.25, 0.3) is 21.7 Å². The molecule has 1 aromatic carbocycles. The lowest BCUT2D eigenvalue weighted by molar-refractivity contribution is 1.27. The molecule has 0 saturated carbocycles. The lowest BCUT2D eigenvalue weighted by atomic mass is 10.1. The number of hydrogen-bond acceptors (Lipinski definition) is 2. The lowest BCUT2D eigenvalue weighted by Gasteiger charge is -2.06. The molecule has 3 heteroatoms. The molecule has 0 unspecified atom stereocenters. The number of rotatable bonds is 0. The number of para-hydroxylation sites is 1. The van der Waals surface area contributed by atoms with Crippen LogP contribution in [0.3, 0.4) is 0 Å². The zero-order chi connectivity index (χ0) is 11.1. The average molecular weight is 229 g/mol. The second-order valence-electron chi connectivity index (χ2n) is 3.74. The predicted molar refractivity (Wildman–Crippen MR) is 66.8 cm³/mol. The van der Waals surface area contributed by atoms with Gasteiger partial charge in [0.15, 0.2) is 0 Å². The summed E-state index contributed by atoms with van der Waals surface area (Å²) in [5, 5.41) is 3.70. The first kappa shape index (κ1) is 9.55. The van der Waals surface area contributed by atoms with Crippen molar-refractivity contribution in [3.05, 3.63) is 47.4 Å². The van der Waals surface area contributed by atoms with Crippen LogP contribution in [0.4, 0.5) is 0 Å². The van der Waals surface area contributed by atoms with Crippen molar-refractivity contribution in [2.75, 3.05) is 0 Å². The van der Waals surface area contributed by atoms with Crippen molar-refractivity contribution in [2.24, 2.45) is 0 Å². The molecule has 3 aromatic rings. The van der Waals surface area contributed by atoms with Crippen LogP contribution in [0.2, 0.25) is 5.15 Å². The second-order valence-corrected chi connectivity index (χ2v) is 4.10. The third kappa shape index (κ3) is 1.27. The Kier molecular flexibility index (Phi) is 2.04. The molecule has 78 valence electrons. The third-order valence-electron chi connectivity index (χ3n) is 2.75. The number of nitrogens with zero attached hydrogens (tertiary/aromatic N) is 2. The van der Waals surface area contributed by atoms with Crippen LogP contribution in [0.5, 0.6) is 0 Å².